The smallest absolute Gasteiger partial charge is 0.239 e. The average Bonchev–Trinajstić information content (AvgIpc) is 2.37. The molecule has 4 nitrogen and oxygen atoms in total. The van der Waals surface area contributed by atoms with E-state index in [0.29, 0.717) is 6.54 Å². The van der Waals surface area contributed by atoms with Gasteiger partial charge in [-0.1, -0.05) is 18.2 Å². The molecule has 0 saturated carbocycles. The summed E-state index contributed by atoms with van der Waals surface area (Å²) in [7, 11) is 3.58. The lowest BCUT2D eigenvalue weighted by molar-refractivity contribution is -0.119. The second kappa shape index (κ2) is 6.91. The van der Waals surface area contributed by atoms with Gasteiger partial charge >= 0.3 is 0 Å². The zero-order valence-corrected chi connectivity index (χ0v) is 10.8. The Morgan fingerprint density at radius 2 is 2.00 bits per heavy atom. The van der Waals surface area contributed by atoms with Gasteiger partial charge in [0, 0.05) is 25.8 Å². The number of hydrogen-bond acceptors (Lipinski definition) is 3. The average molecular weight is 235 g/mol. The molecule has 0 fully saturated rings. The maximum Gasteiger partial charge on any atom is 0.239 e. The summed E-state index contributed by atoms with van der Waals surface area (Å²) < 4.78 is 0. The van der Waals surface area contributed by atoms with Crippen LogP contribution in [0.25, 0.3) is 0 Å². The molecule has 0 aromatic heterocycles. The summed E-state index contributed by atoms with van der Waals surface area (Å²) >= 11 is 0. The number of carbonyl (C=O) groups is 1. The molecule has 4 heteroatoms. The summed E-state index contributed by atoms with van der Waals surface area (Å²) in [4.78, 5) is 13.5. The highest BCUT2D eigenvalue weighted by molar-refractivity contribution is 5.81. The Morgan fingerprint density at radius 3 is 2.59 bits per heavy atom. The molecule has 0 heterocycles. The van der Waals surface area contributed by atoms with Gasteiger partial charge in [-0.2, -0.15) is 0 Å². The molecular formula is C13H21N3O. The molecule has 0 aliphatic heterocycles. The summed E-state index contributed by atoms with van der Waals surface area (Å²) in [5, 5.41) is 5.80. The van der Waals surface area contributed by atoms with Gasteiger partial charge in [0.2, 0.25) is 5.91 Å². The van der Waals surface area contributed by atoms with E-state index in [1.54, 1.807) is 7.05 Å². The summed E-state index contributed by atoms with van der Waals surface area (Å²) in [5.41, 5.74) is 2.33. The first kappa shape index (κ1) is 13.5. The number of nitrogens with zero attached hydrogens (tertiary/aromatic N) is 1. The first-order chi connectivity index (χ1) is 8.22. The van der Waals surface area contributed by atoms with E-state index in [2.05, 4.69) is 34.6 Å². The Bertz CT molecular complexity index is 365. The third-order valence-electron chi connectivity index (χ3n) is 2.69. The first-order valence-electron chi connectivity index (χ1n) is 5.91. The quantitative estimate of drug-likeness (QED) is 0.772. The van der Waals surface area contributed by atoms with Gasteiger partial charge in [0.05, 0.1) is 6.54 Å². The minimum Gasteiger partial charge on any atom is -0.362 e. The topological polar surface area (TPSA) is 44.4 Å². The largest absolute Gasteiger partial charge is 0.362 e. The molecule has 1 aromatic carbocycles. The summed E-state index contributed by atoms with van der Waals surface area (Å²) in [6.45, 7) is 4.07. The molecule has 0 saturated heterocycles. The predicted octanol–water partition coefficient (Wildman–Crippen LogP) is 0.978. The lowest BCUT2D eigenvalue weighted by Crippen LogP contribution is -2.36. The number of rotatable bonds is 6. The van der Waals surface area contributed by atoms with E-state index in [1.165, 1.54) is 5.56 Å². The third kappa shape index (κ3) is 3.75. The Hall–Kier alpha value is -1.55. The van der Waals surface area contributed by atoms with Crippen LogP contribution >= 0.6 is 0 Å². The molecule has 0 aliphatic carbocycles. The van der Waals surface area contributed by atoms with Gasteiger partial charge in [-0.05, 0) is 25.6 Å². The molecule has 0 radical (unpaired) electrons. The Kier molecular flexibility index (Phi) is 5.49. The van der Waals surface area contributed by atoms with Crippen molar-refractivity contribution in [2.24, 2.45) is 0 Å². The van der Waals surface area contributed by atoms with Gasteiger partial charge in [-0.3, -0.25) is 4.79 Å². The number of anilines is 1. The van der Waals surface area contributed by atoms with Crippen molar-refractivity contribution in [2.75, 3.05) is 32.1 Å². The summed E-state index contributed by atoms with van der Waals surface area (Å²) in [5.74, 6) is 0.0334. The molecule has 0 unspecified atom stereocenters. The Balaban J connectivity index is 2.90. The lowest BCUT2D eigenvalue weighted by Gasteiger charge is -2.24. The van der Waals surface area contributed by atoms with E-state index in [1.807, 2.05) is 19.2 Å². The highest BCUT2D eigenvalue weighted by Crippen LogP contribution is 2.19. The lowest BCUT2D eigenvalue weighted by atomic mass is 10.1. The van der Waals surface area contributed by atoms with Crippen LogP contribution in [-0.4, -0.2) is 33.1 Å². The van der Waals surface area contributed by atoms with Crippen LogP contribution in [0, 0.1) is 0 Å². The standard InChI is InChI=1S/C13H21N3O/c1-4-16(10-13(17)15-3)12-8-6-5-7-11(12)9-14-2/h5-8,14H,4,9-10H2,1-3H3,(H,15,17). The molecule has 1 aromatic rings. The number of para-hydroxylation sites is 1. The fourth-order valence-electron chi connectivity index (χ4n) is 1.78. The van der Waals surface area contributed by atoms with Crippen molar-refractivity contribution in [2.45, 2.75) is 13.5 Å². The van der Waals surface area contributed by atoms with Gasteiger partial charge in [0.15, 0.2) is 0 Å². The zero-order chi connectivity index (χ0) is 12.7. The number of hydrogen-bond donors (Lipinski definition) is 2. The van der Waals surface area contributed by atoms with Crippen LogP contribution in [0.4, 0.5) is 5.69 Å². The third-order valence-corrected chi connectivity index (χ3v) is 2.69. The van der Waals surface area contributed by atoms with E-state index < -0.39 is 0 Å². The molecule has 1 rings (SSSR count). The van der Waals surface area contributed by atoms with Crippen molar-refractivity contribution in [1.29, 1.82) is 0 Å². The normalized spacial score (nSPS) is 10.1. The second-order valence-corrected chi connectivity index (χ2v) is 3.85. The van der Waals surface area contributed by atoms with E-state index in [0.717, 1.165) is 18.8 Å². The van der Waals surface area contributed by atoms with Crippen molar-refractivity contribution in [3.63, 3.8) is 0 Å². The highest BCUT2D eigenvalue weighted by atomic mass is 16.1. The molecular weight excluding hydrogens is 214 g/mol. The van der Waals surface area contributed by atoms with E-state index in [-0.39, 0.29) is 5.91 Å². The van der Waals surface area contributed by atoms with Gasteiger partial charge in [-0.25, -0.2) is 0 Å². The molecule has 94 valence electrons. The van der Waals surface area contributed by atoms with Crippen LogP contribution in [-0.2, 0) is 11.3 Å². The van der Waals surface area contributed by atoms with Crippen LogP contribution in [0.3, 0.4) is 0 Å². The van der Waals surface area contributed by atoms with Gasteiger partial charge in [0.1, 0.15) is 0 Å². The van der Waals surface area contributed by atoms with Crippen LogP contribution in [0.5, 0.6) is 0 Å². The van der Waals surface area contributed by atoms with E-state index in [9.17, 15) is 4.79 Å². The number of benzene rings is 1. The number of likely N-dealkylation sites (N-methyl/N-ethyl adjacent to an activating group) is 2. The van der Waals surface area contributed by atoms with Crippen LogP contribution in [0.15, 0.2) is 24.3 Å². The summed E-state index contributed by atoms with van der Waals surface area (Å²) in [6.07, 6.45) is 0. The van der Waals surface area contributed by atoms with E-state index >= 15 is 0 Å². The number of carbonyl (C=O) groups excluding carboxylic acids is 1. The van der Waals surface area contributed by atoms with Crippen LogP contribution in [0.1, 0.15) is 12.5 Å². The molecule has 0 atom stereocenters. The Labute approximate surface area is 103 Å². The van der Waals surface area contributed by atoms with Crippen LogP contribution < -0.4 is 15.5 Å². The van der Waals surface area contributed by atoms with Crippen molar-refractivity contribution in [3.05, 3.63) is 29.8 Å². The zero-order valence-electron chi connectivity index (χ0n) is 10.8. The van der Waals surface area contributed by atoms with E-state index in [4.69, 9.17) is 0 Å². The first-order valence-corrected chi connectivity index (χ1v) is 5.91. The Morgan fingerprint density at radius 1 is 1.29 bits per heavy atom. The monoisotopic (exact) mass is 235 g/mol. The number of amides is 1. The van der Waals surface area contributed by atoms with Crippen molar-refractivity contribution < 1.29 is 4.79 Å². The van der Waals surface area contributed by atoms with Crippen molar-refractivity contribution in [1.82, 2.24) is 10.6 Å². The molecule has 17 heavy (non-hydrogen) atoms. The number of nitrogens with one attached hydrogen (secondary N) is 2. The maximum absolute atomic E-state index is 11.5. The molecule has 0 spiro atoms. The minimum absolute atomic E-state index is 0.0334. The fraction of sp³-hybridized carbons (Fsp3) is 0.462. The SMILES string of the molecule is CCN(CC(=O)NC)c1ccccc1CNC. The van der Waals surface area contributed by atoms with Crippen molar-refractivity contribution in [3.8, 4) is 0 Å². The second-order valence-electron chi connectivity index (χ2n) is 3.85. The molecule has 0 bridgehead atoms. The predicted molar refractivity (Wildman–Crippen MR) is 71.2 cm³/mol. The van der Waals surface area contributed by atoms with Crippen LogP contribution in [0.2, 0.25) is 0 Å². The van der Waals surface area contributed by atoms with Gasteiger partial charge in [-0.15, -0.1) is 0 Å². The fourth-order valence-corrected chi connectivity index (χ4v) is 1.78. The minimum atomic E-state index is 0.0334. The summed E-state index contributed by atoms with van der Waals surface area (Å²) in [6, 6.07) is 8.16. The molecule has 0 aliphatic rings. The maximum atomic E-state index is 11.5. The highest BCUT2D eigenvalue weighted by Gasteiger charge is 2.11. The van der Waals surface area contributed by atoms with Crippen molar-refractivity contribution >= 4 is 11.6 Å². The molecule has 1 amide bonds. The molecule has 2 N–H and O–H groups in total. The van der Waals surface area contributed by atoms with Gasteiger partial charge < -0.3 is 15.5 Å². The van der Waals surface area contributed by atoms with Gasteiger partial charge in [0.25, 0.3) is 0 Å².